The van der Waals surface area contributed by atoms with Crippen molar-refractivity contribution in [1.82, 2.24) is 5.32 Å². The van der Waals surface area contributed by atoms with E-state index in [2.05, 4.69) is 10.1 Å². The Bertz CT molecular complexity index is 492. The number of amides is 1. The van der Waals surface area contributed by atoms with E-state index < -0.39 is 18.5 Å². The molecule has 1 amide bonds. The Balaban J connectivity index is 2.54. The molecule has 1 N–H and O–H groups in total. The Kier molecular flexibility index (Phi) is 6.58. The average molecular weight is 301 g/mol. The number of alkyl halides is 2. The van der Waals surface area contributed by atoms with E-state index in [9.17, 15) is 18.4 Å². The summed E-state index contributed by atoms with van der Waals surface area (Å²) in [5.41, 5.74) is -0.0185. The van der Waals surface area contributed by atoms with Gasteiger partial charge in [-0.05, 0) is 26.0 Å². The van der Waals surface area contributed by atoms with Gasteiger partial charge in [-0.15, -0.1) is 0 Å². The summed E-state index contributed by atoms with van der Waals surface area (Å²) in [4.78, 5) is 23.1. The largest absolute Gasteiger partial charge is 0.463 e. The van der Waals surface area contributed by atoms with Crippen molar-refractivity contribution < 1.29 is 27.8 Å². The third kappa shape index (κ3) is 6.20. The Morgan fingerprint density at radius 1 is 1.24 bits per heavy atom. The van der Waals surface area contributed by atoms with Crippen molar-refractivity contribution in [3.05, 3.63) is 29.8 Å². The number of hydrogen-bond acceptors (Lipinski definition) is 4. The number of ether oxygens (including phenoxy) is 2. The van der Waals surface area contributed by atoms with Crippen LogP contribution in [-0.4, -0.2) is 31.1 Å². The highest BCUT2D eigenvalue weighted by molar-refractivity contribution is 5.97. The van der Waals surface area contributed by atoms with Crippen LogP contribution in [-0.2, 0) is 9.53 Å². The second-order valence-electron chi connectivity index (χ2n) is 4.42. The van der Waals surface area contributed by atoms with Crippen molar-refractivity contribution in [3.63, 3.8) is 0 Å². The number of carbonyl (C=O) groups excluding carboxylic acids is 2. The number of nitrogens with one attached hydrogen (secondary N) is 1. The molecule has 0 bridgehead atoms. The minimum Gasteiger partial charge on any atom is -0.463 e. The summed E-state index contributed by atoms with van der Waals surface area (Å²) >= 11 is 0. The Morgan fingerprint density at radius 3 is 2.52 bits per heavy atom. The molecule has 1 aromatic carbocycles. The fourth-order valence-corrected chi connectivity index (χ4v) is 1.55. The molecule has 0 unspecified atom stereocenters. The number of hydrogen-bond donors (Lipinski definition) is 1. The zero-order valence-corrected chi connectivity index (χ0v) is 11.8. The molecule has 21 heavy (non-hydrogen) atoms. The SMILES string of the molecule is CC(C)OC(=O)CCNC(=O)c1ccccc1OC(F)F. The van der Waals surface area contributed by atoms with Crippen molar-refractivity contribution >= 4 is 11.9 Å². The van der Waals surface area contributed by atoms with E-state index in [4.69, 9.17) is 4.74 Å². The van der Waals surface area contributed by atoms with Crippen molar-refractivity contribution in [1.29, 1.82) is 0 Å². The van der Waals surface area contributed by atoms with Gasteiger partial charge in [-0.2, -0.15) is 8.78 Å². The smallest absolute Gasteiger partial charge is 0.387 e. The lowest BCUT2D eigenvalue weighted by Gasteiger charge is -2.11. The molecule has 0 saturated heterocycles. The second-order valence-corrected chi connectivity index (χ2v) is 4.42. The quantitative estimate of drug-likeness (QED) is 0.785. The first-order valence-electron chi connectivity index (χ1n) is 6.41. The fourth-order valence-electron chi connectivity index (χ4n) is 1.55. The van der Waals surface area contributed by atoms with Crippen LogP contribution < -0.4 is 10.1 Å². The number of esters is 1. The number of halogens is 2. The van der Waals surface area contributed by atoms with Crippen molar-refractivity contribution in [3.8, 4) is 5.75 Å². The summed E-state index contributed by atoms with van der Waals surface area (Å²) in [6.07, 6.45) is -0.227. The van der Waals surface area contributed by atoms with Gasteiger partial charge in [0.1, 0.15) is 5.75 Å². The molecule has 0 fully saturated rings. The van der Waals surface area contributed by atoms with Crippen molar-refractivity contribution in [2.45, 2.75) is 33.0 Å². The maximum Gasteiger partial charge on any atom is 0.387 e. The normalized spacial score (nSPS) is 10.6. The van der Waals surface area contributed by atoms with Gasteiger partial charge in [0.05, 0.1) is 18.1 Å². The number of benzene rings is 1. The molecule has 5 nitrogen and oxygen atoms in total. The van der Waals surface area contributed by atoms with Gasteiger partial charge in [-0.25, -0.2) is 0 Å². The Hall–Kier alpha value is -2.18. The second kappa shape index (κ2) is 8.18. The summed E-state index contributed by atoms with van der Waals surface area (Å²) in [7, 11) is 0. The maximum atomic E-state index is 12.2. The van der Waals surface area contributed by atoms with Crippen LogP contribution in [0.5, 0.6) is 5.75 Å². The minimum absolute atomic E-state index is 0.00178. The van der Waals surface area contributed by atoms with Crippen LogP contribution in [0, 0.1) is 0 Å². The van der Waals surface area contributed by atoms with E-state index in [1.165, 1.54) is 24.3 Å². The number of rotatable bonds is 7. The van der Waals surface area contributed by atoms with Crippen LogP contribution in [0.15, 0.2) is 24.3 Å². The average Bonchev–Trinajstić information content (AvgIpc) is 2.37. The van der Waals surface area contributed by atoms with Gasteiger partial charge in [0.15, 0.2) is 0 Å². The molecular weight excluding hydrogens is 284 g/mol. The molecule has 0 atom stereocenters. The third-order valence-corrected chi connectivity index (χ3v) is 2.33. The molecule has 0 heterocycles. The first-order chi connectivity index (χ1) is 9.90. The number of para-hydroxylation sites is 1. The van der Waals surface area contributed by atoms with Gasteiger partial charge in [0, 0.05) is 6.54 Å². The van der Waals surface area contributed by atoms with Gasteiger partial charge < -0.3 is 14.8 Å². The van der Waals surface area contributed by atoms with Crippen LogP contribution in [0.25, 0.3) is 0 Å². The van der Waals surface area contributed by atoms with Crippen LogP contribution in [0.4, 0.5) is 8.78 Å². The van der Waals surface area contributed by atoms with Crippen LogP contribution >= 0.6 is 0 Å². The zero-order chi connectivity index (χ0) is 15.8. The van der Waals surface area contributed by atoms with Gasteiger partial charge in [0.25, 0.3) is 5.91 Å². The highest BCUT2D eigenvalue weighted by Gasteiger charge is 2.15. The monoisotopic (exact) mass is 301 g/mol. The van der Waals surface area contributed by atoms with E-state index >= 15 is 0 Å². The summed E-state index contributed by atoms with van der Waals surface area (Å²) in [5.74, 6) is -1.25. The highest BCUT2D eigenvalue weighted by Crippen LogP contribution is 2.19. The van der Waals surface area contributed by atoms with Crippen LogP contribution in [0.3, 0.4) is 0 Å². The van der Waals surface area contributed by atoms with Gasteiger partial charge in [-0.3, -0.25) is 9.59 Å². The van der Waals surface area contributed by atoms with Gasteiger partial charge >= 0.3 is 12.6 Å². The van der Waals surface area contributed by atoms with Crippen molar-refractivity contribution in [2.24, 2.45) is 0 Å². The molecular formula is C14H17F2NO4. The van der Waals surface area contributed by atoms with Crippen LogP contribution in [0.1, 0.15) is 30.6 Å². The van der Waals surface area contributed by atoms with E-state index in [1.54, 1.807) is 13.8 Å². The van der Waals surface area contributed by atoms with E-state index in [-0.39, 0.29) is 30.4 Å². The summed E-state index contributed by atoms with van der Waals surface area (Å²) in [6.45, 7) is 0.468. The topological polar surface area (TPSA) is 64.6 Å². The molecule has 1 rings (SSSR count). The predicted molar refractivity (Wildman–Crippen MR) is 71.3 cm³/mol. The molecule has 0 spiro atoms. The highest BCUT2D eigenvalue weighted by atomic mass is 19.3. The molecule has 0 saturated carbocycles. The number of carbonyl (C=O) groups is 2. The molecule has 116 valence electrons. The van der Waals surface area contributed by atoms with Crippen LogP contribution in [0.2, 0.25) is 0 Å². The molecule has 7 heteroatoms. The van der Waals surface area contributed by atoms with Gasteiger partial charge in [0.2, 0.25) is 0 Å². The maximum absolute atomic E-state index is 12.2. The summed E-state index contributed by atoms with van der Waals surface area (Å²) < 4.78 is 33.6. The standard InChI is InChI=1S/C14H17F2NO4/c1-9(2)20-12(18)7-8-17-13(19)10-5-3-4-6-11(10)21-14(15)16/h3-6,9,14H,7-8H2,1-2H3,(H,17,19). The lowest BCUT2D eigenvalue weighted by atomic mass is 10.2. The first kappa shape index (κ1) is 16.9. The molecule has 0 radical (unpaired) electrons. The van der Waals surface area contributed by atoms with E-state index in [0.29, 0.717) is 0 Å². The minimum atomic E-state index is -3.01. The first-order valence-corrected chi connectivity index (χ1v) is 6.41. The van der Waals surface area contributed by atoms with Gasteiger partial charge in [-0.1, -0.05) is 12.1 Å². The molecule has 1 aromatic rings. The Labute approximate surface area is 121 Å². The lowest BCUT2D eigenvalue weighted by Crippen LogP contribution is -2.27. The molecule has 0 aliphatic rings. The lowest BCUT2D eigenvalue weighted by molar-refractivity contribution is -0.147. The predicted octanol–water partition coefficient (Wildman–Crippen LogP) is 2.36. The third-order valence-electron chi connectivity index (χ3n) is 2.33. The van der Waals surface area contributed by atoms with E-state index in [1.807, 2.05) is 0 Å². The van der Waals surface area contributed by atoms with E-state index in [0.717, 1.165) is 0 Å². The summed E-state index contributed by atoms with van der Waals surface area (Å²) in [5, 5.41) is 2.45. The Morgan fingerprint density at radius 2 is 1.90 bits per heavy atom. The molecule has 0 aliphatic heterocycles. The molecule has 0 aliphatic carbocycles. The van der Waals surface area contributed by atoms with Crippen molar-refractivity contribution in [2.75, 3.05) is 6.54 Å². The molecule has 0 aromatic heterocycles. The fraction of sp³-hybridized carbons (Fsp3) is 0.429. The summed E-state index contributed by atoms with van der Waals surface area (Å²) in [6, 6.07) is 5.64. The zero-order valence-electron chi connectivity index (χ0n) is 11.8.